The highest BCUT2D eigenvalue weighted by Crippen LogP contribution is 2.20. The van der Waals surface area contributed by atoms with Crippen LogP contribution < -0.4 is 5.32 Å². The van der Waals surface area contributed by atoms with Gasteiger partial charge in [-0.1, -0.05) is 12.1 Å². The number of likely N-dealkylation sites (tertiary alicyclic amines) is 1. The number of nitrogens with one attached hydrogen (secondary N) is 1. The lowest BCUT2D eigenvalue weighted by Gasteiger charge is -2.18. The minimum atomic E-state index is 0.323. The van der Waals surface area contributed by atoms with E-state index in [4.69, 9.17) is 4.74 Å². The summed E-state index contributed by atoms with van der Waals surface area (Å²) in [6, 6.07) is 9.37. The molecule has 0 bridgehead atoms. The second-order valence-corrected chi connectivity index (χ2v) is 5.80. The second-order valence-electron chi connectivity index (χ2n) is 5.80. The van der Waals surface area contributed by atoms with Crippen molar-refractivity contribution < 1.29 is 4.74 Å². The Kier molecular flexibility index (Phi) is 4.04. The van der Waals surface area contributed by atoms with Crippen LogP contribution in [0.2, 0.25) is 0 Å². The molecule has 0 aliphatic carbocycles. The van der Waals surface area contributed by atoms with E-state index in [1.165, 1.54) is 37.2 Å². The lowest BCUT2D eigenvalue weighted by Crippen LogP contribution is -2.26. The molecule has 1 aromatic rings. The fraction of sp³-hybridized carbons (Fsp3) is 0.625. The highest BCUT2D eigenvalue weighted by molar-refractivity contribution is 5.45. The number of nitrogens with zero attached hydrogens (tertiary/aromatic N) is 1. The summed E-state index contributed by atoms with van der Waals surface area (Å²) in [6.07, 6.45) is 4.15. The van der Waals surface area contributed by atoms with E-state index in [2.05, 4.69) is 41.4 Å². The van der Waals surface area contributed by atoms with Crippen LogP contribution in [0.25, 0.3) is 0 Å². The Balaban J connectivity index is 1.55. The number of hydrogen-bond acceptors (Lipinski definition) is 3. The van der Waals surface area contributed by atoms with Gasteiger partial charge in [-0.3, -0.25) is 4.90 Å². The van der Waals surface area contributed by atoms with E-state index in [-0.39, 0.29) is 0 Å². The first-order chi connectivity index (χ1) is 9.31. The zero-order valence-corrected chi connectivity index (χ0v) is 11.8. The monoisotopic (exact) mass is 260 g/mol. The minimum Gasteiger partial charge on any atom is -0.380 e. The molecule has 0 amide bonds. The van der Waals surface area contributed by atoms with Crippen LogP contribution in [0.3, 0.4) is 0 Å². The van der Waals surface area contributed by atoms with Gasteiger partial charge in [-0.2, -0.15) is 0 Å². The van der Waals surface area contributed by atoms with E-state index in [0.717, 1.165) is 19.6 Å². The third-order valence-electron chi connectivity index (χ3n) is 4.29. The summed E-state index contributed by atoms with van der Waals surface area (Å²) in [5, 5.41) is 3.57. The first-order valence-electron chi connectivity index (χ1n) is 7.51. The number of anilines is 1. The van der Waals surface area contributed by atoms with E-state index in [0.29, 0.717) is 12.1 Å². The molecule has 19 heavy (non-hydrogen) atoms. The molecule has 2 fully saturated rings. The average Bonchev–Trinajstić information content (AvgIpc) is 3.05. The minimum absolute atomic E-state index is 0.323. The summed E-state index contributed by atoms with van der Waals surface area (Å²) in [4.78, 5) is 2.54. The number of benzene rings is 1. The Hall–Kier alpha value is -1.06. The third-order valence-corrected chi connectivity index (χ3v) is 4.29. The Morgan fingerprint density at radius 2 is 1.95 bits per heavy atom. The Labute approximate surface area is 115 Å². The van der Waals surface area contributed by atoms with E-state index in [1.807, 2.05) is 0 Å². The van der Waals surface area contributed by atoms with Gasteiger partial charge in [-0.05, 0) is 57.0 Å². The molecule has 0 spiro atoms. The molecule has 2 atom stereocenters. The molecule has 2 aliphatic heterocycles. The van der Waals surface area contributed by atoms with E-state index >= 15 is 0 Å². The maximum absolute atomic E-state index is 5.58. The molecule has 1 aromatic carbocycles. The van der Waals surface area contributed by atoms with E-state index in [1.54, 1.807) is 0 Å². The van der Waals surface area contributed by atoms with E-state index in [9.17, 15) is 0 Å². The van der Waals surface area contributed by atoms with Gasteiger partial charge in [0.2, 0.25) is 0 Å². The molecule has 3 nitrogen and oxygen atoms in total. The van der Waals surface area contributed by atoms with Crippen LogP contribution in [0.1, 0.15) is 31.7 Å². The lowest BCUT2D eigenvalue weighted by atomic mass is 10.1. The second kappa shape index (κ2) is 5.93. The zero-order chi connectivity index (χ0) is 13.1. The van der Waals surface area contributed by atoms with Gasteiger partial charge in [0.25, 0.3) is 0 Å². The van der Waals surface area contributed by atoms with Crippen LogP contribution in [-0.2, 0) is 11.3 Å². The summed E-state index contributed by atoms with van der Waals surface area (Å²) in [7, 11) is 0. The van der Waals surface area contributed by atoms with Crippen LogP contribution in [0.5, 0.6) is 0 Å². The first kappa shape index (κ1) is 12.9. The van der Waals surface area contributed by atoms with Crippen molar-refractivity contribution >= 4 is 5.69 Å². The van der Waals surface area contributed by atoms with Crippen molar-refractivity contribution in [3.63, 3.8) is 0 Å². The molecule has 1 N–H and O–H groups in total. The van der Waals surface area contributed by atoms with Crippen LogP contribution in [0, 0.1) is 0 Å². The standard InChI is InChI=1S/C16H24N2O/c1-13-16(8-11-19-13)17-15-6-4-14(5-7-15)12-18-9-2-3-10-18/h4-7,13,16-17H,2-3,8-12H2,1H3. The van der Waals surface area contributed by atoms with Crippen LogP contribution >= 0.6 is 0 Å². The van der Waals surface area contributed by atoms with Crippen molar-refractivity contribution in [1.29, 1.82) is 0 Å². The topological polar surface area (TPSA) is 24.5 Å². The van der Waals surface area contributed by atoms with Gasteiger partial charge in [-0.15, -0.1) is 0 Å². The summed E-state index contributed by atoms with van der Waals surface area (Å²) in [5.74, 6) is 0. The molecular weight excluding hydrogens is 236 g/mol. The fourth-order valence-electron chi connectivity index (χ4n) is 3.04. The zero-order valence-electron chi connectivity index (χ0n) is 11.8. The smallest absolute Gasteiger partial charge is 0.0748 e. The summed E-state index contributed by atoms with van der Waals surface area (Å²) >= 11 is 0. The van der Waals surface area contributed by atoms with Crippen molar-refractivity contribution in [3.05, 3.63) is 29.8 Å². The molecule has 2 saturated heterocycles. The van der Waals surface area contributed by atoms with Gasteiger partial charge in [0, 0.05) is 18.8 Å². The third kappa shape index (κ3) is 3.28. The van der Waals surface area contributed by atoms with Gasteiger partial charge in [0.05, 0.1) is 12.1 Å². The SMILES string of the molecule is CC1OCCC1Nc1ccc(CN2CCCC2)cc1. The molecule has 0 saturated carbocycles. The van der Waals surface area contributed by atoms with Gasteiger partial charge >= 0.3 is 0 Å². The maximum atomic E-state index is 5.58. The van der Waals surface area contributed by atoms with Crippen molar-refractivity contribution in [1.82, 2.24) is 4.90 Å². The summed E-state index contributed by atoms with van der Waals surface area (Å²) < 4.78 is 5.58. The maximum Gasteiger partial charge on any atom is 0.0748 e. The van der Waals surface area contributed by atoms with Crippen molar-refractivity contribution in [2.75, 3.05) is 25.0 Å². The molecule has 2 heterocycles. The van der Waals surface area contributed by atoms with Gasteiger partial charge in [0.15, 0.2) is 0 Å². The highest BCUT2D eigenvalue weighted by Gasteiger charge is 2.23. The van der Waals surface area contributed by atoms with E-state index < -0.39 is 0 Å². The molecule has 2 unspecified atom stereocenters. The largest absolute Gasteiger partial charge is 0.380 e. The van der Waals surface area contributed by atoms with Gasteiger partial charge in [0.1, 0.15) is 0 Å². The van der Waals surface area contributed by atoms with Crippen molar-refractivity contribution in [3.8, 4) is 0 Å². The van der Waals surface area contributed by atoms with Crippen LogP contribution in [-0.4, -0.2) is 36.7 Å². The fourth-order valence-corrected chi connectivity index (χ4v) is 3.04. The molecular formula is C16H24N2O. The number of rotatable bonds is 4. The average molecular weight is 260 g/mol. The Morgan fingerprint density at radius 1 is 1.21 bits per heavy atom. The molecule has 104 valence electrons. The van der Waals surface area contributed by atoms with Crippen molar-refractivity contribution in [2.45, 2.75) is 44.9 Å². The van der Waals surface area contributed by atoms with Crippen LogP contribution in [0.4, 0.5) is 5.69 Å². The highest BCUT2D eigenvalue weighted by atomic mass is 16.5. The number of ether oxygens (including phenoxy) is 1. The Bertz CT molecular complexity index is 398. The molecule has 2 aliphatic rings. The van der Waals surface area contributed by atoms with Crippen LogP contribution in [0.15, 0.2) is 24.3 Å². The van der Waals surface area contributed by atoms with Gasteiger partial charge < -0.3 is 10.1 Å². The summed E-state index contributed by atoms with van der Waals surface area (Å²) in [6.45, 7) is 6.65. The van der Waals surface area contributed by atoms with Crippen molar-refractivity contribution in [2.24, 2.45) is 0 Å². The molecule has 0 aromatic heterocycles. The molecule has 3 rings (SSSR count). The number of hydrogen-bond donors (Lipinski definition) is 1. The predicted octanol–water partition coefficient (Wildman–Crippen LogP) is 2.87. The normalized spacial score (nSPS) is 27.8. The summed E-state index contributed by atoms with van der Waals surface area (Å²) in [5.41, 5.74) is 2.63. The quantitative estimate of drug-likeness (QED) is 0.901. The molecule has 3 heteroatoms. The lowest BCUT2D eigenvalue weighted by molar-refractivity contribution is 0.121. The molecule has 0 radical (unpaired) electrons. The Morgan fingerprint density at radius 3 is 2.58 bits per heavy atom. The first-order valence-corrected chi connectivity index (χ1v) is 7.51. The van der Waals surface area contributed by atoms with Gasteiger partial charge in [-0.25, -0.2) is 0 Å². The predicted molar refractivity (Wildman–Crippen MR) is 78.4 cm³/mol.